The van der Waals surface area contributed by atoms with Crippen molar-refractivity contribution in [3.63, 3.8) is 0 Å². The quantitative estimate of drug-likeness (QED) is 0.204. The number of hydrogen-bond donors (Lipinski definition) is 3. The van der Waals surface area contributed by atoms with Gasteiger partial charge in [-0.15, -0.1) is 24.0 Å². The highest BCUT2D eigenvalue weighted by Crippen LogP contribution is 2.22. The monoisotopic (exact) mass is 575 g/mol. The van der Waals surface area contributed by atoms with Gasteiger partial charge in [-0.1, -0.05) is 12.1 Å². The van der Waals surface area contributed by atoms with Gasteiger partial charge in [-0.25, -0.2) is 18.2 Å². The molecule has 2 aromatic rings. The Morgan fingerprint density at radius 3 is 2.42 bits per heavy atom. The zero-order valence-electron chi connectivity index (χ0n) is 18.0. The van der Waals surface area contributed by atoms with E-state index < -0.39 is 29.0 Å². The molecule has 0 aliphatic carbocycles. The topological polar surface area (TPSA) is 85.8 Å². The Kier molecular flexibility index (Phi) is 9.95. The van der Waals surface area contributed by atoms with Gasteiger partial charge in [0.25, 0.3) is 0 Å². The Labute approximate surface area is 206 Å². The van der Waals surface area contributed by atoms with Crippen LogP contribution in [0.3, 0.4) is 0 Å². The lowest BCUT2D eigenvalue weighted by Crippen LogP contribution is -2.41. The van der Waals surface area contributed by atoms with Gasteiger partial charge >= 0.3 is 0 Å². The average Bonchev–Trinajstić information content (AvgIpc) is 3.22. The van der Waals surface area contributed by atoms with Crippen molar-refractivity contribution in [1.82, 2.24) is 10.6 Å². The summed E-state index contributed by atoms with van der Waals surface area (Å²) in [6, 6.07) is 9.19. The van der Waals surface area contributed by atoms with Crippen LogP contribution in [0, 0.1) is 17.5 Å². The molecule has 0 unspecified atom stereocenters. The third-order valence-corrected chi connectivity index (χ3v) is 4.81. The van der Waals surface area contributed by atoms with Crippen LogP contribution in [0.2, 0.25) is 0 Å². The van der Waals surface area contributed by atoms with Crippen LogP contribution in [0.4, 0.5) is 24.5 Å². The second-order valence-electron chi connectivity index (χ2n) is 7.14. The van der Waals surface area contributed by atoms with Crippen LogP contribution in [-0.4, -0.2) is 37.4 Å². The summed E-state index contributed by atoms with van der Waals surface area (Å²) >= 11 is 0. The van der Waals surface area contributed by atoms with E-state index >= 15 is 0 Å². The molecule has 0 spiro atoms. The summed E-state index contributed by atoms with van der Waals surface area (Å²) in [6.07, 6.45) is 1.43. The van der Waals surface area contributed by atoms with E-state index in [0.717, 1.165) is 36.3 Å². The predicted molar refractivity (Wildman–Crippen MR) is 131 cm³/mol. The van der Waals surface area contributed by atoms with Gasteiger partial charge in [0.1, 0.15) is 0 Å². The van der Waals surface area contributed by atoms with E-state index in [1.54, 1.807) is 4.90 Å². The fraction of sp³-hybridized carbons (Fsp3) is 0.318. The number of carbonyl (C=O) groups is 2. The highest BCUT2D eigenvalue weighted by molar-refractivity contribution is 14.0. The van der Waals surface area contributed by atoms with Gasteiger partial charge in [0.2, 0.25) is 11.8 Å². The zero-order chi connectivity index (χ0) is 23.1. The average molecular weight is 575 g/mol. The number of benzene rings is 2. The lowest BCUT2D eigenvalue weighted by atomic mass is 10.2. The number of nitrogens with one attached hydrogen (secondary N) is 3. The lowest BCUT2D eigenvalue weighted by Gasteiger charge is -2.16. The first kappa shape index (κ1) is 26.4. The molecule has 0 atom stereocenters. The third-order valence-electron chi connectivity index (χ3n) is 4.81. The fourth-order valence-electron chi connectivity index (χ4n) is 3.20. The summed E-state index contributed by atoms with van der Waals surface area (Å²) in [5.41, 5.74) is 1.31. The SMILES string of the molecule is CCNC(=NCc1ccc(N2CCCC2=O)cc1)NCC(=O)Nc1ccc(F)c(F)c1F.I. The molecule has 33 heavy (non-hydrogen) atoms. The lowest BCUT2D eigenvalue weighted by molar-refractivity contribution is -0.117. The van der Waals surface area contributed by atoms with Crippen LogP contribution in [0.1, 0.15) is 25.3 Å². The van der Waals surface area contributed by atoms with E-state index in [9.17, 15) is 22.8 Å². The second-order valence-corrected chi connectivity index (χ2v) is 7.14. The number of anilines is 2. The smallest absolute Gasteiger partial charge is 0.243 e. The molecule has 1 saturated heterocycles. The predicted octanol–water partition coefficient (Wildman–Crippen LogP) is 3.54. The highest BCUT2D eigenvalue weighted by Gasteiger charge is 2.21. The number of aliphatic imine (C=N–C) groups is 1. The van der Waals surface area contributed by atoms with Crippen LogP contribution >= 0.6 is 24.0 Å². The van der Waals surface area contributed by atoms with Crippen molar-refractivity contribution in [3.05, 3.63) is 59.4 Å². The van der Waals surface area contributed by atoms with Gasteiger partial charge in [0.05, 0.1) is 18.8 Å². The first-order valence-electron chi connectivity index (χ1n) is 10.2. The van der Waals surface area contributed by atoms with Gasteiger partial charge < -0.3 is 20.9 Å². The number of amides is 2. The summed E-state index contributed by atoms with van der Waals surface area (Å²) in [5.74, 6) is -4.62. The number of carbonyl (C=O) groups excluding carboxylic acids is 2. The molecule has 178 valence electrons. The maximum Gasteiger partial charge on any atom is 0.243 e. The van der Waals surface area contributed by atoms with E-state index in [2.05, 4.69) is 20.9 Å². The molecule has 1 aliphatic heterocycles. The molecule has 1 fully saturated rings. The van der Waals surface area contributed by atoms with Crippen LogP contribution in [0.25, 0.3) is 0 Å². The van der Waals surface area contributed by atoms with Gasteiger partial charge in [0, 0.05) is 25.2 Å². The van der Waals surface area contributed by atoms with Crippen molar-refractivity contribution >= 4 is 53.1 Å². The van der Waals surface area contributed by atoms with Crippen molar-refractivity contribution in [2.45, 2.75) is 26.3 Å². The second kappa shape index (κ2) is 12.4. The molecule has 0 bridgehead atoms. The van der Waals surface area contributed by atoms with Gasteiger partial charge in [-0.05, 0) is 43.2 Å². The molecule has 2 aromatic carbocycles. The first-order chi connectivity index (χ1) is 15.4. The third kappa shape index (κ3) is 7.07. The number of nitrogens with zero attached hydrogens (tertiary/aromatic N) is 2. The normalized spacial score (nSPS) is 13.5. The summed E-state index contributed by atoms with van der Waals surface area (Å²) in [4.78, 5) is 30.1. The summed E-state index contributed by atoms with van der Waals surface area (Å²) in [7, 11) is 0. The Bertz CT molecular complexity index is 1020. The molecule has 0 saturated carbocycles. The van der Waals surface area contributed by atoms with E-state index in [-0.39, 0.29) is 36.4 Å². The maximum absolute atomic E-state index is 13.7. The summed E-state index contributed by atoms with van der Waals surface area (Å²) in [5, 5.41) is 7.97. The van der Waals surface area contributed by atoms with E-state index in [0.29, 0.717) is 25.5 Å². The molecule has 2 amide bonds. The number of hydrogen-bond acceptors (Lipinski definition) is 3. The van der Waals surface area contributed by atoms with Crippen LogP contribution in [0.5, 0.6) is 0 Å². The Morgan fingerprint density at radius 1 is 1.06 bits per heavy atom. The van der Waals surface area contributed by atoms with Crippen LogP contribution in [-0.2, 0) is 16.1 Å². The fourth-order valence-corrected chi connectivity index (χ4v) is 3.20. The van der Waals surface area contributed by atoms with Crippen molar-refractivity contribution < 1.29 is 22.8 Å². The molecule has 3 rings (SSSR count). The van der Waals surface area contributed by atoms with E-state index in [4.69, 9.17) is 0 Å². The van der Waals surface area contributed by atoms with Crippen molar-refractivity contribution in [3.8, 4) is 0 Å². The molecule has 7 nitrogen and oxygen atoms in total. The Hall–Kier alpha value is -2.83. The molecular weight excluding hydrogens is 550 g/mol. The van der Waals surface area contributed by atoms with Crippen molar-refractivity contribution in [1.29, 1.82) is 0 Å². The van der Waals surface area contributed by atoms with Crippen LogP contribution in [0.15, 0.2) is 41.4 Å². The summed E-state index contributed by atoms with van der Waals surface area (Å²) < 4.78 is 40.0. The molecule has 1 heterocycles. The summed E-state index contributed by atoms with van der Waals surface area (Å²) in [6.45, 7) is 3.18. The largest absolute Gasteiger partial charge is 0.357 e. The molecule has 1 aliphatic rings. The van der Waals surface area contributed by atoms with Gasteiger partial charge in [0.15, 0.2) is 23.4 Å². The minimum Gasteiger partial charge on any atom is -0.357 e. The number of rotatable bonds is 7. The van der Waals surface area contributed by atoms with Crippen molar-refractivity contribution in [2.24, 2.45) is 4.99 Å². The van der Waals surface area contributed by atoms with Crippen molar-refractivity contribution in [2.75, 3.05) is 29.9 Å². The standard InChI is InChI=1S/C22H24F3N5O2.HI/c1-2-26-22(28-13-18(31)29-17-10-9-16(23)20(24)21(17)25)27-12-14-5-7-15(8-6-14)30-11-3-4-19(30)32;/h5-10H,2-4,11-13H2,1H3,(H,29,31)(H2,26,27,28);1H. The first-order valence-corrected chi connectivity index (χ1v) is 10.2. The molecular formula is C22H25F3IN5O2. The zero-order valence-corrected chi connectivity index (χ0v) is 20.3. The number of halogens is 4. The van der Waals surface area contributed by atoms with Crippen LogP contribution < -0.4 is 20.9 Å². The Morgan fingerprint density at radius 2 is 1.79 bits per heavy atom. The van der Waals surface area contributed by atoms with Gasteiger partial charge in [-0.2, -0.15) is 0 Å². The maximum atomic E-state index is 13.7. The molecule has 3 N–H and O–H groups in total. The van der Waals surface area contributed by atoms with E-state index in [1.165, 1.54) is 0 Å². The van der Waals surface area contributed by atoms with E-state index in [1.807, 2.05) is 31.2 Å². The molecule has 11 heteroatoms. The highest BCUT2D eigenvalue weighted by atomic mass is 127. The number of guanidine groups is 1. The molecule has 0 aromatic heterocycles. The minimum absolute atomic E-state index is 0. The minimum atomic E-state index is -1.65. The molecule has 0 radical (unpaired) electrons. The Balaban J connectivity index is 0.00000385. The van der Waals surface area contributed by atoms with Gasteiger partial charge in [-0.3, -0.25) is 9.59 Å².